The highest BCUT2D eigenvalue weighted by molar-refractivity contribution is 5.78. The molecule has 0 unspecified atom stereocenters. The van der Waals surface area contributed by atoms with Crippen molar-refractivity contribution in [3.8, 4) is 0 Å². The fraction of sp³-hybridized carbons (Fsp3) is 0.562. The number of amides is 1. The van der Waals surface area contributed by atoms with Crippen LogP contribution >= 0.6 is 0 Å². The van der Waals surface area contributed by atoms with E-state index in [0.717, 1.165) is 0 Å². The van der Waals surface area contributed by atoms with Crippen molar-refractivity contribution in [3.05, 3.63) is 34.4 Å². The summed E-state index contributed by atoms with van der Waals surface area (Å²) in [7, 11) is 1.86. The number of hydrogen-bond acceptors (Lipinski definition) is 2. The van der Waals surface area contributed by atoms with Gasteiger partial charge in [0.05, 0.1) is 6.54 Å². The average molecular weight is 262 g/mol. The van der Waals surface area contributed by atoms with Crippen LogP contribution in [0.15, 0.2) is 12.1 Å². The van der Waals surface area contributed by atoms with Gasteiger partial charge in [0.2, 0.25) is 5.91 Å². The molecule has 3 nitrogen and oxygen atoms in total. The van der Waals surface area contributed by atoms with Gasteiger partial charge in [0.25, 0.3) is 0 Å². The van der Waals surface area contributed by atoms with Crippen molar-refractivity contribution in [1.82, 2.24) is 10.2 Å². The predicted octanol–water partition coefficient (Wildman–Crippen LogP) is 2.57. The van der Waals surface area contributed by atoms with Gasteiger partial charge in [-0.3, -0.25) is 4.79 Å². The molecule has 19 heavy (non-hydrogen) atoms. The minimum absolute atomic E-state index is 0.131. The van der Waals surface area contributed by atoms with E-state index in [1.165, 1.54) is 22.3 Å². The van der Waals surface area contributed by atoms with Crippen LogP contribution in [-0.2, 0) is 11.3 Å². The molecule has 0 bridgehead atoms. The first-order valence-corrected chi connectivity index (χ1v) is 6.85. The molecule has 3 heteroatoms. The number of nitrogens with zero attached hydrogens (tertiary/aromatic N) is 1. The number of carbonyl (C=O) groups excluding carboxylic acids is 1. The summed E-state index contributed by atoms with van der Waals surface area (Å²) >= 11 is 0. The molecular formula is C16H26N2O. The smallest absolute Gasteiger partial charge is 0.236 e. The molecule has 1 aromatic rings. The molecule has 0 atom stereocenters. The number of carbonyl (C=O) groups is 1. The van der Waals surface area contributed by atoms with E-state index in [-0.39, 0.29) is 5.91 Å². The highest BCUT2D eigenvalue weighted by Gasteiger charge is 2.11. The van der Waals surface area contributed by atoms with Gasteiger partial charge in [-0.15, -0.1) is 0 Å². The molecule has 0 radical (unpaired) electrons. The molecule has 0 aromatic heterocycles. The van der Waals surface area contributed by atoms with Gasteiger partial charge in [-0.25, -0.2) is 0 Å². The lowest BCUT2D eigenvalue weighted by molar-refractivity contribution is -0.129. The molecule has 0 spiro atoms. The highest BCUT2D eigenvalue weighted by atomic mass is 16.2. The molecule has 1 N–H and O–H groups in total. The Hall–Kier alpha value is -1.35. The summed E-state index contributed by atoms with van der Waals surface area (Å²) in [5.41, 5.74) is 5.06. The zero-order valence-corrected chi connectivity index (χ0v) is 13.0. The topological polar surface area (TPSA) is 32.3 Å². The van der Waals surface area contributed by atoms with E-state index in [0.29, 0.717) is 19.1 Å². The Morgan fingerprint density at radius 2 is 1.74 bits per heavy atom. The molecule has 0 saturated carbocycles. The van der Waals surface area contributed by atoms with Crippen LogP contribution in [0.5, 0.6) is 0 Å². The van der Waals surface area contributed by atoms with Crippen LogP contribution < -0.4 is 5.32 Å². The van der Waals surface area contributed by atoms with Gasteiger partial charge in [-0.05, 0) is 43.0 Å². The van der Waals surface area contributed by atoms with Gasteiger partial charge in [-0.1, -0.05) is 26.0 Å². The standard InChI is InChI=1S/C16H26N2O/c1-11(2)17-9-16(19)18(6)10-15-8-13(4)12(3)7-14(15)5/h7-8,11,17H,9-10H2,1-6H3. The van der Waals surface area contributed by atoms with E-state index in [1.807, 2.05) is 20.9 Å². The van der Waals surface area contributed by atoms with E-state index in [2.05, 4.69) is 38.2 Å². The van der Waals surface area contributed by atoms with Crippen LogP contribution in [0.25, 0.3) is 0 Å². The minimum Gasteiger partial charge on any atom is -0.340 e. The van der Waals surface area contributed by atoms with Crippen molar-refractivity contribution in [2.24, 2.45) is 0 Å². The maximum Gasteiger partial charge on any atom is 0.236 e. The summed E-state index contributed by atoms with van der Waals surface area (Å²) in [4.78, 5) is 13.8. The van der Waals surface area contributed by atoms with E-state index >= 15 is 0 Å². The largest absolute Gasteiger partial charge is 0.340 e. The van der Waals surface area contributed by atoms with Crippen LogP contribution in [0.1, 0.15) is 36.1 Å². The Balaban J connectivity index is 2.69. The monoisotopic (exact) mass is 262 g/mol. The lowest BCUT2D eigenvalue weighted by Crippen LogP contribution is -2.37. The second-order valence-electron chi connectivity index (χ2n) is 5.65. The fourth-order valence-corrected chi connectivity index (χ4v) is 1.96. The highest BCUT2D eigenvalue weighted by Crippen LogP contribution is 2.16. The van der Waals surface area contributed by atoms with Gasteiger partial charge < -0.3 is 10.2 Å². The molecule has 0 aliphatic rings. The Morgan fingerprint density at radius 1 is 1.16 bits per heavy atom. The Bertz CT molecular complexity index is 452. The molecule has 0 heterocycles. The Kier molecular flexibility index (Phi) is 5.55. The van der Waals surface area contributed by atoms with Crippen molar-refractivity contribution in [2.45, 2.75) is 47.2 Å². The van der Waals surface area contributed by atoms with Gasteiger partial charge >= 0.3 is 0 Å². The van der Waals surface area contributed by atoms with E-state index < -0.39 is 0 Å². The summed E-state index contributed by atoms with van der Waals surface area (Å²) in [6.45, 7) is 11.5. The zero-order valence-electron chi connectivity index (χ0n) is 13.0. The molecule has 0 aliphatic carbocycles. The molecule has 1 amide bonds. The van der Waals surface area contributed by atoms with E-state index in [4.69, 9.17) is 0 Å². The first-order chi connectivity index (χ1) is 8.81. The molecular weight excluding hydrogens is 236 g/mol. The number of benzene rings is 1. The van der Waals surface area contributed by atoms with Crippen molar-refractivity contribution >= 4 is 5.91 Å². The second-order valence-corrected chi connectivity index (χ2v) is 5.65. The summed E-state index contributed by atoms with van der Waals surface area (Å²) in [5.74, 6) is 0.131. The third-order valence-electron chi connectivity index (χ3n) is 3.45. The maximum absolute atomic E-state index is 12.0. The van der Waals surface area contributed by atoms with Crippen LogP contribution in [0, 0.1) is 20.8 Å². The number of likely N-dealkylation sites (N-methyl/N-ethyl adjacent to an activating group) is 1. The lowest BCUT2D eigenvalue weighted by atomic mass is 10.0. The first kappa shape index (κ1) is 15.7. The molecule has 0 fully saturated rings. The fourth-order valence-electron chi connectivity index (χ4n) is 1.96. The zero-order chi connectivity index (χ0) is 14.6. The van der Waals surface area contributed by atoms with Gasteiger partial charge in [0.1, 0.15) is 0 Å². The van der Waals surface area contributed by atoms with Gasteiger partial charge in [-0.2, -0.15) is 0 Å². The predicted molar refractivity (Wildman–Crippen MR) is 80.3 cm³/mol. The molecule has 0 saturated heterocycles. The van der Waals surface area contributed by atoms with Crippen LogP contribution in [-0.4, -0.2) is 30.4 Å². The van der Waals surface area contributed by atoms with Gasteiger partial charge in [0, 0.05) is 19.6 Å². The maximum atomic E-state index is 12.0. The summed E-state index contributed by atoms with van der Waals surface area (Å²) in [6.07, 6.45) is 0. The van der Waals surface area contributed by atoms with Gasteiger partial charge in [0.15, 0.2) is 0 Å². The minimum atomic E-state index is 0.131. The molecule has 1 rings (SSSR count). The molecule has 1 aromatic carbocycles. The number of hydrogen-bond donors (Lipinski definition) is 1. The van der Waals surface area contributed by atoms with Crippen molar-refractivity contribution < 1.29 is 4.79 Å². The van der Waals surface area contributed by atoms with Crippen LogP contribution in [0.3, 0.4) is 0 Å². The molecule has 106 valence electrons. The second kappa shape index (κ2) is 6.71. The lowest BCUT2D eigenvalue weighted by Gasteiger charge is -2.20. The van der Waals surface area contributed by atoms with Crippen LogP contribution in [0.2, 0.25) is 0 Å². The Labute approximate surface area is 117 Å². The third-order valence-corrected chi connectivity index (χ3v) is 3.45. The van der Waals surface area contributed by atoms with E-state index in [1.54, 1.807) is 4.90 Å². The number of aryl methyl sites for hydroxylation is 3. The normalized spacial score (nSPS) is 10.9. The average Bonchev–Trinajstić information content (AvgIpc) is 2.32. The Morgan fingerprint density at radius 3 is 2.32 bits per heavy atom. The van der Waals surface area contributed by atoms with Crippen molar-refractivity contribution in [3.63, 3.8) is 0 Å². The first-order valence-electron chi connectivity index (χ1n) is 6.85. The summed E-state index contributed by atoms with van der Waals surface area (Å²) in [6, 6.07) is 4.71. The number of nitrogens with one attached hydrogen (secondary N) is 1. The van der Waals surface area contributed by atoms with E-state index in [9.17, 15) is 4.79 Å². The SMILES string of the molecule is Cc1cc(C)c(CN(C)C(=O)CNC(C)C)cc1C. The van der Waals surface area contributed by atoms with Crippen molar-refractivity contribution in [2.75, 3.05) is 13.6 Å². The number of rotatable bonds is 5. The third kappa shape index (κ3) is 4.67. The summed E-state index contributed by atoms with van der Waals surface area (Å²) in [5, 5.41) is 3.16. The molecule has 0 aliphatic heterocycles. The quantitative estimate of drug-likeness (QED) is 0.884. The van der Waals surface area contributed by atoms with Crippen LogP contribution in [0.4, 0.5) is 0 Å². The van der Waals surface area contributed by atoms with Crippen molar-refractivity contribution in [1.29, 1.82) is 0 Å². The summed E-state index contributed by atoms with van der Waals surface area (Å²) < 4.78 is 0.